The Labute approximate surface area is 147 Å². The Morgan fingerprint density at radius 1 is 1.08 bits per heavy atom. The highest BCUT2D eigenvalue weighted by Gasteiger charge is 2.13. The quantitative estimate of drug-likeness (QED) is 0.674. The Balaban J connectivity index is 1.88. The number of benzene rings is 2. The van der Waals surface area contributed by atoms with Gasteiger partial charge in [0, 0.05) is 23.3 Å². The molecule has 3 aromatic rings. The number of rotatable bonds is 6. The Bertz CT molecular complexity index is 867. The van der Waals surface area contributed by atoms with Gasteiger partial charge in [0.2, 0.25) is 5.91 Å². The number of nitrogens with one attached hydrogen (secondary N) is 2. The Kier molecular flexibility index (Phi) is 5.09. The van der Waals surface area contributed by atoms with Crippen molar-refractivity contribution in [1.82, 2.24) is 15.3 Å². The molecule has 4 heteroatoms. The summed E-state index contributed by atoms with van der Waals surface area (Å²) < 4.78 is 0. The third-order valence-corrected chi connectivity index (χ3v) is 3.90. The number of hydrogen-bond acceptors (Lipinski definition) is 2. The van der Waals surface area contributed by atoms with Gasteiger partial charge in [0.05, 0.1) is 12.2 Å². The predicted molar refractivity (Wildman–Crippen MR) is 99.9 cm³/mol. The molecule has 2 N–H and O–H groups in total. The van der Waals surface area contributed by atoms with Crippen molar-refractivity contribution in [2.45, 2.75) is 19.9 Å². The average molecular weight is 331 g/mol. The van der Waals surface area contributed by atoms with E-state index in [1.165, 1.54) is 5.56 Å². The maximum absolute atomic E-state index is 11.7. The van der Waals surface area contributed by atoms with E-state index in [4.69, 9.17) is 4.98 Å². The number of hydrogen-bond donors (Lipinski definition) is 2. The van der Waals surface area contributed by atoms with Crippen LogP contribution in [0.2, 0.25) is 0 Å². The predicted octanol–water partition coefficient (Wildman–Crippen LogP) is 3.86. The van der Waals surface area contributed by atoms with Crippen LogP contribution >= 0.6 is 0 Å². The number of aromatic amines is 1. The topological polar surface area (TPSA) is 57.8 Å². The van der Waals surface area contributed by atoms with Crippen LogP contribution in [0.4, 0.5) is 0 Å². The standard InChI is InChI=1S/C21H21N3O/c1-15(2)21(25)22-14-19-23-18(13-16-9-5-3-6-10-16)20(24-19)17-11-7-4-8-12-17/h3-12H,1,13-14H2,2H3,(H,22,25)(H,23,24). The van der Waals surface area contributed by atoms with E-state index in [2.05, 4.69) is 29.0 Å². The summed E-state index contributed by atoms with van der Waals surface area (Å²) in [6.45, 7) is 5.69. The second kappa shape index (κ2) is 7.62. The molecule has 0 fully saturated rings. The van der Waals surface area contributed by atoms with Gasteiger partial charge in [0.25, 0.3) is 0 Å². The largest absolute Gasteiger partial charge is 0.345 e. The minimum Gasteiger partial charge on any atom is -0.345 e. The van der Waals surface area contributed by atoms with Crippen molar-refractivity contribution in [2.24, 2.45) is 0 Å². The summed E-state index contributed by atoms with van der Waals surface area (Å²) in [4.78, 5) is 19.8. The minimum atomic E-state index is -0.165. The van der Waals surface area contributed by atoms with Gasteiger partial charge in [0.1, 0.15) is 5.82 Å². The average Bonchev–Trinajstić information content (AvgIpc) is 3.04. The maximum atomic E-state index is 11.7. The Morgan fingerprint density at radius 3 is 2.36 bits per heavy atom. The molecule has 0 spiro atoms. The molecule has 0 bridgehead atoms. The SMILES string of the molecule is C=C(C)C(=O)NCc1nc(-c2ccccc2)c(Cc2ccccc2)[nH]1. The highest BCUT2D eigenvalue weighted by molar-refractivity contribution is 5.91. The van der Waals surface area contributed by atoms with Crippen molar-refractivity contribution in [3.63, 3.8) is 0 Å². The summed E-state index contributed by atoms with van der Waals surface area (Å²) in [5.41, 5.74) is 4.71. The van der Waals surface area contributed by atoms with Gasteiger partial charge >= 0.3 is 0 Å². The molecule has 1 amide bonds. The van der Waals surface area contributed by atoms with E-state index in [1.807, 2.05) is 48.5 Å². The van der Waals surface area contributed by atoms with E-state index < -0.39 is 0 Å². The molecule has 25 heavy (non-hydrogen) atoms. The van der Waals surface area contributed by atoms with E-state index in [1.54, 1.807) is 6.92 Å². The first-order chi connectivity index (χ1) is 12.1. The molecule has 0 radical (unpaired) electrons. The van der Waals surface area contributed by atoms with Gasteiger partial charge in [-0.05, 0) is 12.5 Å². The van der Waals surface area contributed by atoms with Crippen LogP contribution in [0.3, 0.4) is 0 Å². The van der Waals surface area contributed by atoms with Crippen LogP contribution in [0.25, 0.3) is 11.3 Å². The van der Waals surface area contributed by atoms with Gasteiger partial charge in [-0.1, -0.05) is 67.2 Å². The molecule has 0 aliphatic rings. The zero-order valence-electron chi connectivity index (χ0n) is 14.3. The lowest BCUT2D eigenvalue weighted by molar-refractivity contribution is -0.117. The van der Waals surface area contributed by atoms with Gasteiger partial charge in [-0.3, -0.25) is 4.79 Å². The molecular weight excluding hydrogens is 310 g/mol. The van der Waals surface area contributed by atoms with Crippen molar-refractivity contribution < 1.29 is 4.79 Å². The molecule has 1 heterocycles. The second-order valence-corrected chi connectivity index (χ2v) is 6.00. The number of aromatic nitrogens is 2. The van der Waals surface area contributed by atoms with Gasteiger partial charge in [0.15, 0.2) is 0 Å². The highest BCUT2D eigenvalue weighted by atomic mass is 16.1. The lowest BCUT2D eigenvalue weighted by atomic mass is 10.0. The summed E-state index contributed by atoms with van der Waals surface area (Å²) in [5, 5.41) is 2.82. The first-order valence-electron chi connectivity index (χ1n) is 8.24. The highest BCUT2D eigenvalue weighted by Crippen LogP contribution is 2.23. The number of carbonyl (C=O) groups is 1. The number of H-pyrrole nitrogens is 1. The molecule has 1 aromatic heterocycles. The lowest BCUT2D eigenvalue weighted by Gasteiger charge is -2.03. The van der Waals surface area contributed by atoms with E-state index in [0.29, 0.717) is 12.1 Å². The summed E-state index contributed by atoms with van der Waals surface area (Å²) in [6, 6.07) is 20.3. The van der Waals surface area contributed by atoms with E-state index in [9.17, 15) is 4.79 Å². The summed E-state index contributed by atoms with van der Waals surface area (Å²) >= 11 is 0. The number of carbonyl (C=O) groups excluding carboxylic acids is 1. The van der Waals surface area contributed by atoms with Gasteiger partial charge < -0.3 is 10.3 Å². The first kappa shape index (κ1) is 16.7. The van der Waals surface area contributed by atoms with Crippen molar-refractivity contribution in [2.75, 3.05) is 0 Å². The van der Waals surface area contributed by atoms with Gasteiger partial charge in [-0.2, -0.15) is 0 Å². The summed E-state index contributed by atoms with van der Waals surface area (Å²) in [5.74, 6) is 0.571. The fourth-order valence-electron chi connectivity index (χ4n) is 2.63. The molecule has 0 atom stereocenters. The van der Waals surface area contributed by atoms with Crippen LogP contribution in [0, 0.1) is 0 Å². The molecule has 0 aliphatic heterocycles. The molecule has 3 rings (SSSR count). The lowest BCUT2D eigenvalue weighted by Crippen LogP contribution is -2.23. The van der Waals surface area contributed by atoms with E-state index in [0.717, 1.165) is 29.2 Å². The van der Waals surface area contributed by atoms with Crippen molar-refractivity contribution in [3.05, 3.63) is 89.9 Å². The molecule has 0 saturated carbocycles. The van der Waals surface area contributed by atoms with Crippen LogP contribution < -0.4 is 5.32 Å². The fourth-order valence-corrected chi connectivity index (χ4v) is 2.63. The third-order valence-electron chi connectivity index (χ3n) is 3.90. The molecular formula is C21H21N3O. The number of amides is 1. The third kappa shape index (κ3) is 4.23. The van der Waals surface area contributed by atoms with Crippen LogP contribution in [-0.2, 0) is 17.8 Å². The van der Waals surface area contributed by atoms with Crippen molar-refractivity contribution >= 4 is 5.91 Å². The normalized spacial score (nSPS) is 10.4. The number of nitrogens with zero attached hydrogens (tertiary/aromatic N) is 1. The zero-order valence-corrected chi connectivity index (χ0v) is 14.3. The van der Waals surface area contributed by atoms with E-state index >= 15 is 0 Å². The van der Waals surface area contributed by atoms with Gasteiger partial charge in [-0.25, -0.2) is 4.98 Å². The summed E-state index contributed by atoms with van der Waals surface area (Å²) in [7, 11) is 0. The maximum Gasteiger partial charge on any atom is 0.246 e. The van der Waals surface area contributed by atoms with Crippen LogP contribution in [0.1, 0.15) is 24.0 Å². The smallest absolute Gasteiger partial charge is 0.246 e. The molecule has 4 nitrogen and oxygen atoms in total. The number of imidazole rings is 1. The van der Waals surface area contributed by atoms with Crippen LogP contribution in [-0.4, -0.2) is 15.9 Å². The van der Waals surface area contributed by atoms with E-state index in [-0.39, 0.29) is 5.91 Å². The van der Waals surface area contributed by atoms with Crippen molar-refractivity contribution in [1.29, 1.82) is 0 Å². The molecule has 2 aromatic carbocycles. The Morgan fingerprint density at radius 2 is 1.72 bits per heavy atom. The molecule has 0 unspecified atom stereocenters. The molecule has 0 saturated heterocycles. The Hall–Kier alpha value is -3.14. The zero-order chi connectivity index (χ0) is 17.6. The molecule has 126 valence electrons. The van der Waals surface area contributed by atoms with Crippen LogP contribution in [0.15, 0.2) is 72.8 Å². The fraction of sp³-hybridized carbons (Fsp3) is 0.143. The first-order valence-corrected chi connectivity index (χ1v) is 8.24. The second-order valence-electron chi connectivity index (χ2n) is 6.00. The monoisotopic (exact) mass is 331 g/mol. The minimum absolute atomic E-state index is 0.165. The van der Waals surface area contributed by atoms with Crippen LogP contribution in [0.5, 0.6) is 0 Å². The molecule has 0 aliphatic carbocycles. The van der Waals surface area contributed by atoms with Crippen molar-refractivity contribution in [3.8, 4) is 11.3 Å². The summed E-state index contributed by atoms with van der Waals surface area (Å²) in [6.07, 6.45) is 0.756. The van der Waals surface area contributed by atoms with Gasteiger partial charge in [-0.15, -0.1) is 0 Å².